The summed E-state index contributed by atoms with van der Waals surface area (Å²) in [5.41, 5.74) is 0. The molecule has 100 valence electrons. The summed E-state index contributed by atoms with van der Waals surface area (Å²) in [6, 6.07) is 2.67. The summed E-state index contributed by atoms with van der Waals surface area (Å²) >= 11 is 4.98. The van der Waals surface area contributed by atoms with Gasteiger partial charge in [-0.2, -0.15) is 0 Å². The summed E-state index contributed by atoms with van der Waals surface area (Å²) in [5.74, 6) is -1.02. The van der Waals surface area contributed by atoms with Gasteiger partial charge in [-0.1, -0.05) is 6.92 Å². The standard InChI is InChI=1S/C11H15BrN2O3S/c1-2-8(10(15)16)14-11(17)13-6-5-7-3-4-9(12)18-7/h3-4,8H,2,5-6H2,1H3,(H,15,16)(H2,13,14,17). The number of hydrogen-bond donors (Lipinski definition) is 3. The minimum Gasteiger partial charge on any atom is -0.480 e. The van der Waals surface area contributed by atoms with Crippen LogP contribution >= 0.6 is 27.3 Å². The lowest BCUT2D eigenvalue weighted by Crippen LogP contribution is -2.46. The normalized spacial score (nSPS) is 11.9. The maximum absolute atomic E-state index is 11.4. The topological polar surface area (TPSA) is 78.4 Å². The summed E-state index contributed by atoms with van der Waals surface area (Å²) < 4.78 is 1.05. The third-order valence-corrected chi connectivity index (χ3v) is 3.98. The molecule has 1 heterocycles. The van der Waals surface area contributed by atoms with Crippen LogP contribution < -0.4 is 10.6 Å². The van der Waals surface area contributed by atoms with Crippen LogP contribution in [0.2, 0.25) is 0 Å². The summed E-state index contributed by atoms with van der Waals surface area (Å²) in [4.78, 5) is 23.3. The smallest absolute Gasteiger partial charge is 0.326 e. The molecule has 1 aromatic heterocycles. The molecule has 1 unspecified atom stereocenters. The van der Waals surface area contributed by atoms with E-state index in [0.717, 1.165) is 15.1 Å². The first-order valence-corrected chi connectivity index (χ1v) is 7.15. The van der Waals surface area contributed by atoms with E-state index in [-0.39, 0.29) is 0 Å². The van der Waals surface area contributed by atoms with Gasteiger partial charge in [-0.05, 0) is 40.9 Å². The average Bonchev–Trinajstić information content (AvgIpc) is 2.71. The highest BCUT2D eigenvalue weighted by atomic mass is 79.9. The first kappa shape index (κ1) is 15.0. The first-order valence-electron chi connectivity index (χ1n) is 5.54. The molecule has 0 fully saturated rings. The van der Waals surface area contributed by atoms with Crippen LogP contribution in [-0.4, -0.2) is 29.7 Å². The van der Waals surface area contributed by atoms with Crippen molar-refractivity contribution in [2.45, 2.75) is 25.8 Å². The Bertz CT molecular complexity index is 422. The van der Waals surface area contributed by atoms with E-state index in [4.69, 9.17) is 5.11 Å². The number of rotatable bonds is 6. The van der Waals surface area contributed by atoms with E-state index < -0.39 is 18.0 Å². The number of aliphatic carboxylic acids is 1. The number of urea groups is 1. The Morgan fingerprint density at radius 3 is 2.72 bits per heavy atom. The zero-order chi connectivity index (χ0) is 13.5. The molecule has 0 spiro atoms. The van der Waals surface area contributed by atoms with Gasteiger partial charge in [-0.25, -0.2) is 9.59 Å². The van der Waals surface area contributed by atoms with Crippen molar-refractivity contribution in [1.82, 2.24) is 10.6 Å². The highest BCUT2D eigenvalue weighted by Crippen LogP contribution is 2.21. The number of carboxylic acids is 1. The minimum atomic E-state index is -1.02. The quantitative estimate of drug-likeness (QED) is 0.746. The fraction of sp³-hybridized carbons (Fsp3) is 0.455. The highest BCUT2D eigenvalue weighted by molar-refractivity contribution is 9.11. The average molecular weight is 335 g/mol. The summed E-state index contributed by atoms with van der Waals surface area (Å²) in [6.45, 7) is 2.19. The number of halogens is 1. The van der Waals surface area contributed by atoms with Crippen LogP contribution in [0.1, 0.15) is 18.2 Å². The Hall–Kier alpha value is -1.08. The zero-order valence-electron chi connectivity index (χ0n) is 9.90. The molecule has 0 aliphatic rings. The lowest BCUT2D eigenvalue weighted by atomic mass is 10.2. The molecule has 0 aliphatic carbocycles. The van der Waals surface area contributed by atoms with Crippen molar-refractivity contribution in [2.75, 3.05) is 6.54 Å². The van der Waals surface area contributed by atoms with Gasteiger partial charge in [0.15, 0.2) is 0 Å². The van der Waals surface area contributed by atoms with Gasteiger partial charge >= 0.3 is 12.0 Å². The zero-order valence-corrected chi connectivity index (χ0v) is 12.3. The van der Waals surface area contributed by atoms with Crippen molar-refractivity contribution in [3.8, 4) is 0 Å². The molecule has 1 aromatic rings. The molecule has 18 heavy (non-hydrogen) atoms. The fourth-order valence-corrected chi connectivity index (χ4v) is 2.82. The number of hydrogen-bond acceptors (Lipinski definition) is 3. The molecule has 5 nitrogen and oxygen atoms in total. The van der Waals surface area contributed by atoms with E-state index in [9.17, 15) is 9.59 Å². The monoisotopic (exact) mass is 334 g/mol. The number of carboxylic acid groups (broad SMARTS) is 1. The van der Waals surface area contributed by atoms with Crippen molar-refractivity contribution in [2.24, 2.45) is 0 Å². The lowest BCUT2D eigenvalue weighted by Gasteiger charge is -2.12. The third kappa shape index (κ3) is 5.05. The SMILES string of the molecule is CCC(NC(=O)NCCc1ccc(Br)s1)C(=O)O. The van der Waals surface area contributed by atoms with Gasteiger partial charge in [0.25, 0.3) is 0 Å². The Balaban J connectivity index is 2.26. The molecule has 1 atom stereocenters. The molecule has 7 heteroatoms. The minimum absolute atomic E-state index is 0.362. The van der Waals surface area contributed by atoms with Crippen LogP contribution in [0.15, 0.2) is 15.9 Å². The lowest BCUT2D eigenvalue weighted by molar-refractivity contribution is -0.139. The van der Waals surface area contributed by atoms with E-state index in [1.165, 1.54) is 0 Å². The van der Waals surface area contributed by atoms with Gasteiger partial charge in [-0.15, -0.1) is 11.3 Å². The molecular weight excluding hydrogens is 320 g/mol. The van der Waals surface area contributed by atoms with Crippen LogP contribution in [0.25, 0.3) is 0 Å². The van der Waals surface area contributed by atoms with Gasteiger partial charge in [0, 0.05) is 11.4 Å². The van der Waals surface area contributed by atoms with E-state index in [2.05, 4.69) is 26.6 Å². The van der Waals surface area contributed by atoms with Gasteiger partial charge in [0.1, 0.15) is 6.04 Å². The molecule has 1 rings (SSSR count). The first-order chi connectivity index (χ1) is 8.52. The second-order valence-corrected chi connectivity index (χ2v) is 6.20. The van der Waals surface area contributed by atoms with Crippen molar-refractivity contribution in [1.29, 1.82) is 0 Å². The molecule has 0 saturated heterocycles. The second-order valence-electron chi connectivity index (χ2n) is 3.66. The molecule has 0 aromatic carbocycles. The van der Waals surface area contributed by atoms with Crippen LogP contribution in [0.4, 0.5) is 4.79 Å². The third-order valence-electron chi connectivity index (χ3n) is 2.30. The Morgan fingerprint density at radius 1 is 1.50 bits per heavy atom. The number of amides is 2. The van der Waals surface area contributed by atoms with Crippen LogP contribution in [0.3, 0.4) is 0 Å². The molecule has 0 saturated carbocycles. The Kier molecular flexibility index (Phi) is 6.14. The Morgan fingerprint density at radius 2 is 2.22 bits per heavy atom. The van der Waals surface area contributed by atoms with Crippen LogP contribution in [0.5, 0.6) is 0 Å². The number of carbonyl (C=O) groups excluding carboxylic acids is 1. The number of thiophene rings is 1. The predicted octanol–water partition coefficient (Wildman–Crippen LogP) is 2.22. The number of carbonyl (C=O) groups is 2. The van der Waals surface area contributed by atoms with E-state index in [0.29, 0.717) is 13.0 Å². The van der Waals surface area contributed by atoms with Crippen molar-refractivity contribution in [3.05, 3.63) is 20.8 Å². The van der Waals surface area contributed by atoms with Crippen molar-refractivity contribution >= 4 is 39.3 Å². The summed E-state index contributed by atoms with van der Waals surface area (Å²) in [7, 11) is 0. The molecule has 2 amide bonds. The van der Waals surface area contributed by atoms with Crippen molar-refractivity contribution in [3.63, 3.8) is 0 Å². The second kappa shape index (κ2) is 7.38. The van der Waals surface area contributed by atoms with E-state index >= 15 is 0 Å². The van der Waals surface area contributed by atoms with Crippen LogP contribution in [0, 0.1) is 0 Å². The predicted molar refractivity (Wildman–Crippen MR) is 74.0 cm³/mol. The van der Waals surface area contributed by atoms with Crippen LogP contribution in [-0.2, 0) is 11.2 Å². The largest absolute Gasteiger partial charge is 0.480 e. The van der Waals surface area contributed by atoms with E-state index in [1.54, 1.807) is 18.3 Å². The molecule has 0 aliphatic heterocycles. The van der Waals surface area contributed by atoms with Gasteiger partial charge in [0.05, 0.1) is 3.79 Å². The summed E-state index contributed by atoms with van der Waals surface area (Å²) in [6.07, 6.45) is 1.09. The van der Waals surface area contributed by atoms with Gasteiger partial charge in [0.2, 0.25) is 0 Å². The van der Waals surface area contributed by atoms with E-state index in [1.807, 2.05) is 12.1 Å². The maximum atomic E-state index is 11.4. The fourth-order valence-electron chi connectivity index (χ4n) is 1.33. The Labute approximate surface area is 118 Å². The number of nitrogens with one attached hydrogen (secondary N) is 2. The van der Waals surface area contributed by atoms with Gasteiger partial charge < -0.3 is 15.7 Å². The molecule has 3 N–H and O–H groups in total. The molecular formula is C11H15BrN2O3S. The summed E-state index contributed by atoms with van der Waals surface area (Å²) in [5, 5.41) is 13.8. The maximum Gasteiger partial charge on any atom is 0.326 e. The van der Waals surface area contributed by atoms with Crippen molar-refractivity contribution < 1.29 is 14.7 Å². The molecule has 0 bridgehead atoms. The highest BCUT2D eigenvalue weighted by Gasteiger charge is 2.16. The van der Waals surface area contributed by atoms with Gasteiger partial charge in [-0.3, -0.25) is 0 Å². The molecule has 0 radical (unpaired) electrons.